The van der Waals surface area contributed by atoms with E-state index in [1.807, 2.05) is 0 Å². The number of carboxylic acid groups (broad SMARTS) is 1. The molecule has 94 valence electrons. The number of hydrogen-bond acceptors (Lipinski definition) is 5. The van der Waals surface area contributed by atoms with Crippen molar-refractivity contribution in [3.8, 4) is 5.69 Å². The molecule has 0 bridgehead atoms. The first-order valence-corrected chi connectivity index (χ1v) is 6.21. The molecule has 3 N–H and O–H groups in total. The summed E-state index contributed by atoms with van der Waals surface area (Å²) in [4.78, 5) is 10.6. The van der Waals surface area contributed by atoms with Crippen molar-refractivity contribution in [3.63, 3.8) is 0 Å². The highest BCUT2D eigenvalue weighted by Crippen LogP contribution is 2.12. The summed E-state index contributed by atoms with van der Waals surface area (Å²) in [6.45, 7) is 0. The quantitative estimate of drug-likeness (QED) is 0.780. The second kappa shape index (κ2) is 4.20. The van der Waals surface area contributed by atoms with Crippen LogP contribution in [0, 0.1) is 0 Å². The van der Waals surface area contributed by atoms with Gasteiger partial charge in [-0.1, -0.05) is 5.21 Å². The van der Waals surface area contributed by atoms with Gasteiger partial charge in [0.25, 0.3) is 0 Å². The molecule has 18 heavy (non-hydrogen) atoms. The highest BCUT2D eigenvalue weighted by atomic mass is 32.2. The number of rotatable bonds is 3. The third-order valence-corrected chi connectivity index (χ3v) is 3.07. The normalized spacial score (nSPS) is 11.4. The number of nitrogens with two attached hydrogens (primary N) is 1. The monoisotopic (exact) mass is 268 g/mol. The van der Waals surface area contributed by atoms with Crippen molar-refractivity contribution < 1.29 is 18.3 Å². The van der Waals surface area contributed by atoms with Crippen LogP contribution in [0.15, 0.2) is 35.4 Å². The molecule has 2 rings (SSSR count). The number of primary sulfonamides is 1. The Labute approximate surface area is 102 Å². The average Bonchev–Trinajstić information content (AvgIpc) is 2.77. The first-order chi connectivity index (χ1) is 8.38. The van der Waals surface area contributed by atoms with Gasteiger partial charge in [0.1, 0.15) is 0 Å². The van der Waals surface area contributed by atoms with E-state index in [2.05, 4.69) is 10.3 Å². The van der Waals surface area contributed by atoms with Crippen LogP contribution in [0.3, 0.4) is 0 Å². The second-order valence-corrected chi connectivity index (χ2v) is 4.95. The van der Waals surface area contributed by atoms with Gasteiger partial charge in [0.2, 0.25) is 10.0 Å². The summed E-state index contributed by atoms with van der Waals surface area (Å²) in [5.41, 5.74) is 0.271. The van der Waals surface area contributed by atoms with E-state index >= 15 is 0 Å². The minimum atomic E-state index is -3.75. The van der Waals surface area contributed by atoms with E-state index < -0.39 is 16.0 Å². The average molecular weight is 268 g/mol. The topological polar surface area (TPSA) is 128 Å². The lowest BCUT2D eigenvalue weighted by Crippen LogP contribution is -2.12. The molecule has 1 aromatic carbocycles. The Kier molecular flexibility index (Phi) is 2.85. The van der Waals surface area contributed by atoms with Gasteiger partial charge in [0.05, 0.1) is 16.8 Å². The molecule has 0 aliphatic carbocycles. The minimum absolute atomic E-state index is 0.0372. The molecular weight excluding hydrogens is 260 g/mol. The predicted molar refractivity (Wildman–Crippen MR) is 59.7 cm³/mol. The summed E-state index contributed by atoms with van der Waals surface area (Å²) in [5, 5.41) is 20.7. The lowest BCUT2D eigenvalue weighted by Gasteiger charge is -2.01. The number of carbonyl (C=O) groups is 1. The number of benzene rings is 1. The third-order valence-electron chi connectivity index (χ3n) is 2.14. The van der Waals surface area contributed by atoms with Crippen LogP contribution in [0.1, 0.15) is 10.5 Å². The summed E-state index contributed by atoms with van der Waals surface area (Å²) >= 11 is 0. The van der Waals surface area contributed by atoms with Crippen LogP contribution in [0.4, 0.5) is 0 Å². The molecule has 2 aromatic rings. The Bertz CT molecular complexity index is 690. The fourth-order valence-corrected chi connectivity index (χ4v) is 1.79. The molecule has 0 saturated carbocycles. The van der Waals surface area contributed by atoms with E-state index in [0.717, 1.165) is 0 Å². The fourth-order valence-electron chi connectivity index (χ4n) is 1.28. The molecule has 1 heterocycles. The van der Waals surface area contributed by atoms with Crippen molar-refractivity contribution >= 4 is 16.0 Å². The van der Waals surface area contributed by atoms with Gasteiger partial charge in [-0.25, -0.2) is 23.0 Å². The molecule has 0 unspecified atom stereocenters. The Hall–Kier alpha value is -2.26. The molecule has 9 heteroatoms. The predicted octanol–water partition coefficient (Wildman–Crippen LogP) is -0.387. The van der Waals surface area contributed by atoms with Crippen LogP contribution < -0.4 is 5.14 Å². The fraction of sp³-hybridized carbons (Fsp3) is 0. The first-order valence-electron chi connectivity index (χ1n) is 4.67. The zero-order valence-electron chi connectivity index (χ0n) is 8.89. The van der Waals surface area contributed by atoms with E-state index in [4.69, 9.17) is 10.2 Å². The van der Waals surface area contributed by atoms with E-state index in [-0.39, 0.29) is 10.6 Å². The summed E-state index contributed by atoms with van der Waals surface area (Å²) in [6.07, 6.45) is 1.22. The summed E-state index contributed by atoms with van der Waals surface area (Å²) in [7, 11) is -3.75. The minimum Gasteiger partial charge on any atom is -0.476 e. The molecule has 0 aliphatic heterocycles. The van der Waals surface area contributed by atoms with Gasteiger partial charge < -0.3 is 5.11 Å². The van der Waals surface area contributed by atoms with Gasteiger partial charge in [0.15, 0.2) is 5.69 Å². The first kappa shape index (κ1) is 12.2. The summed E-state index contributed by atoms with van der Waals surface area (Å²) in [6, 6.07) is 5.49. The maximum atomic E-state index is 11.0. The zero-order valence-corrected chi connectivity index (χ0v) is 9.70. The van der Waals surface area contributed by atoms with Crippen molar-refractivity contribution in [1.29, 1.82) is 0 Å². The number of aromatic carboxylic acids is 1. The lowest BCUT2D eigenvalue weighted by molar-refractivity contribution is 0.0690. The molecule has 0 fully saturated rings. The molecular formula is C9H8N4O4S. The number of nitrogens with zero attached hydrogens (tertiary/aromatic N) is 3. The maximum Gasteiger partial charge on any atom is 0.358 e. The second-order valence-electron chi connectivity index (χ2n) is 3.39. The van der Waals surface area contributed by atoms with Crippen LogP contribution in [-0.2, 0) is 10.0 Å². The van der Waals surface area contributed by atoms with Gasteiger partial charge in [-0.3, -0.25) is 0 Å². The molecule has 0 saturated heterocycles. The van der Waals surface area contributed by atoms with Crippen LogP contribution in [0.25, 0.3) is 5.69 Å². The third kappa shape index (κ3) is 2.36. The van der Waals surface area contributed by atoms with Crippen LogP contribution in [-0.4, -0.2) is 34.5 Å². The van der Waals surface area contributed by atoms with E-state index in [1.165, 1.54) is 35.1 Å². The molecule has 1 aromatic heterocycles. The van der Waals surface area contributed by atoms with Gasteiger partial charge in [-0.15, -0.1) is 5.10 Å². The Morgan fingerprint density at radius 3 is 2.33 bits per heavy atom. The zero-order chi connectivity index (χ0) is 13.3. The highest BCUT2D eigenvalue weighted by Gasteiger charge is 2.11. The van der Waals surface area contributed by atoms with Gasteiger partial charge in [0, 0.05) is 0 Å². The Balaban J connectivity index is 2.37. The summed E-state index contributed by atoms with van der Waals surface area (Å²) in [5.74, 6) is -1.19. The highest BCUT2D eigenvalue weighted by molar-refractivity contribution is 7.89. The van der Waals surface area contributed by atoms with Gasteiger partial charge >= 0.3 is 5.97 Å². The van der Waals surface area contributed by atoms with E-state index in [0.29, 0.717) is 5.69 Å². The Morgan fingerprint density at radius 2 is 1.89 bits per heavy atom. The van der Waals surface area contributed by atoms with Crippen molar-refractivity contribution in [2.45, 2.75) is 4.90 Å². The smallest absolute Gasteiger partial charge is 0.358 e. The van der Waals surface area contributed by atoms with Crippen LogP contribution >= 0.6 is 0 Å². The largest absolute Gasteiger partial charge is 0.476 e. The maximum absolute atomic E-state index is 11.0. The van der Waals surface area contributed by atoms with Crippen molar-refractivity contribution in [2.75, 3.05) is 0 Å². The molecule has 0 radical (unpaired) electrons. The lowest BCUT2D eigenvalue weighted by atomic mass is 10.3. The number of sulfonamides is 1. The SMILES string of the molecule is NS(=O)(=O)c1ccc(-n2cc(C(=O)O)nn2)cc1. The van der Waals surface area contributed by atoms with Gasteiger partial charge in [-0.2, -0.15) is 0 Å². The number of aromatic nitrogens is 3. The standard InChI is InChI=1S/C9H8N4O4S/c10-18(16,17)7-3-1-6(2-4-7)13-5-8(9(14)15)11-12-13/h1-5H,(H,14,15)(H2,10,16,17). The molecule has 0 amide bonds. The van der Waals surface area contributed by atoms with E-state index in [1.54, 1.807) is 0 Å². The van der Waals surface area contributed by atoms with Crippen molar-refractivity contribution in [3.05, 3.63) is 36.2 Å². The van der Waals surface area contributed by atoms with E-state index in [9.17, 15) is 13.2 Å². The van der Waals surface area contributed by atoms with Crippen LogP contribution in [0.2, 0.25) is 0 Å². The molecule has 0 aliphatic rings. The van der Waals surface area contributed by atoms with Crippen molar-refractivity contribution in [2.24, 2.45) is 5.14 Å². The van der Waals surface area contributed by atoms with Gasteiger partial charge in [-0.05, 0) is 24.3 Å². The van der Waals surface area contributed by atoms with Crippen molar-refractivity contribution in [1.82, 2.24) is 15.0 Å². The molecule has 8 nitrogen and oxygen atoms in total. The van der Waals surface area contributed by atoms with Crippen LogP contribution in [0.5, 0.6) is 0 Å². The summed E-state index contributed by atoms with van der Waals surface area (Å²) < 4.78 is 23.3. The molecule has 0 atom stereocenters. The molecule has 0 spiro atoms. The number of carboxylic acids is 1. The Morgan fingerprint density at radius 1 is 1.28 bits per heavy atom. The number of hydrogen-bond donors (Lipinski definition) is 2.